The molecule has 120 valence electrons. The molecular weight excluding hydrogens is 306 g/mol. The lowest BCUT2D eigenvalue weighted by Gasteiger charge is -2.39. The van der Waals surface area contributed by atoms with Gasteiger partial charge < -0.3 is 4.90 Å². The van der Waals surface area contributed by atoms with Gasteiger partial charge in [0.2, 0.25) is 10.0 Å². The van der Waals surface area contributed by atoms with E-state index in [1.165, 1.54) is 6.26 Å². The van der Waals surface area contributed by atoms with E-state index >= 15 is 0 Å². The molecule has 21 heavy (non-hydrogen) atoms. The van der Waals surface area contributed by atoms with Crippen LogP contribution < -0.4 is 0 Å². The number of hydrogen-bond donors (Lipinski definition) is 0. The van der Waals surface area contributed by atoms with Crippen LogP contribution in [0.4, 0.5) is 0 Å². The Bertz CT molecular complexity index is 493. The molecular formula is C14H25N3O2S2. The summed E-state index contributed by atoms with van der Waals surface area (Å²) in [6.07, 6.45) is 7.20. The number of likely N-dealkylation sites (tertiary alicyclic amines) is 1. The lowest BCUT2D eigenvalue weighted by molar-refractivity contribution is 0.152. The fraction of sp³-hybridized carbons (Fsp3) is 0.929. The van der Waals surface area contributed by atoms with Gasteiger partial charge in [0.25, 0.3) is 0 Å². The summed E-state index contributed by atoms with van der Waals surface area (Å²) in [6, 6.07) is 2.47. The Morgan fingerprint density at radius 2 is 2.00 bits per heavy atom. The molecule has 1 unspecified atom stereocenters. The molecule has 0 radical (unpaired) electrons. The Labute approximate surface area is 132 Å². The Hall–Kier alpha value is -0.290. The maximum atomic E-state index is 11.7. The summed E-state index contributed by atoms with van der Waals surface area (Å²) in [5.41, 5.74) is 0. The third-order valence-electron chi connectivity index (χ3n) is 4.73. The third kappa shape index (κ3) is 4.35. The molecule has 7 heteroatoms. The van der Waals surface area contributed by atoms with Gasteiger partial charge in [0.15, 0.2) is 0 Å². The number of piperidine rings is 2. The van der Waals surface area contributed by atoms with Gasteiger partial charge in [-0.25, -0.2) is 12.7 Å². The molecule has 0 spiro atoms. The first-order chi connectivity index (χ1) is 9.88. The molecule has 5 nitrogen and oxygen atoms in total. The van der Waals surface area contributed by atoms with Crippen molar-refractivity contribution in [2.75, 3.05) is 45.2 Å². The van der Waals surface area contributed by atoms with Crippen LogP contribution in [0.25, 0.3) is 0 Å². The zero-order valence-electron chi connectivity index (χ0n) is 12.9. The molecule has 2 saturated heterocycles. The molecule has 1 atom stereocenters. The fourth-order valence-electron chi connectivity index (χ4n) is 3.30. The van der Waals surface area contributed by atoms with Gasteiger partial charge in [0.1, 0.15) is 4.75 Å². The van der Waals surface area contributed by atoms with Gasteiger partial charge in [-0.05, 0) is 37.9 Å². The fourth-order valence-corrected chi connectivity index (χ4v) is 4.93. The van der Waals surface area contributed by atoms with E-state index in [1.54, 1.807) is 16.1 Å². The summed E-state index contributed by atoms with van der Waals surface area (Å²) in [5.74, 6) is 0.428. The second-order valence-corrected chi connectivity index (χ2v) is 9.41. The van der Waals surface area contributed by atoms with E-state index in [2.05, 4.69) is 11.0 Å². The highest BCUT2D eigenvalue weighted by Crippen LogP contribution is 2.34. The summed E-state index contributed by atoms with van der Waals surface area (Å²) in [6.45, 7) is 4.18. The summed E-state index contributed by atoms with van der Waals surface area (Å²) < 4.78 is 24.7. The normalized spacial score (nSPS) is 28.1. The second-order valence-electron chi connectivity index (χ2n) is 6.24. The first kappa shape index (κ1) is 17.1. The summed E-state index contributed by atoms with van der Waals surface area (Å²) in [5, 5.41) is 9.31. The minimum absolute atomic E-state index is 0.206. The zero-order chi connectivity index (χ0) is 15.5. The van der Waals surface area contributed by atoms with Gasteiger partial charge in [-0.3, -0.25) is 0 Å². The van der Waals surface area contributed by atoms with Crippen molar-refractivity contribution in [1.29, 1.82) is 5.26 Å². The van der Waals surface area contributed by atoms with Crippen LogP contribution in [0.1, 0.15) is 25.7 Å². The number of hydrogen-bond acceptors (Lipinski definition) is 5. The van der Waals surface area contributed by atoms with Gasteiger partial charge in [0, 0.05) is 32.7 Å². The number of nitriles is 1. The molecule has 2 rings (SSSR count). The van der Waals surface area contributed by atoms with E-state index in [-0.39, 0.29) is 4.75 Å². The van der Waals surface area contributed by atoms with Crippen molar-refractivity contribution in [3.63, 3.8) is 0 Å². The Kier molecular flexibility index (Phi) is 5.58. The van der Waals surface area contributed by atoms with Gasteiger partial charge in [-0.15, -0.1) is 11.8 Å². The molecule has 2 aliphatic heterocycles. The molecule has 0 aromatic carbocycles. The SMILES string of the molecule is CSC1(C#N)CCN(CC2CCCN(S(C)(=O)=O)C2)CC1. The van der Waals surface area contributed by atoms with Crippen molar-refractivity contribution in [2.24, 2.45) is 5.92 Å². The van der Waals surface area contributed by atoms with Crippen molar-refractivity contribution in [3.05, 3.63) is 0 Å². The van der Waals surface area contributed by atoms with Crippen LogP contribution in [-0.2, 0) is 10.0 Å². The second kappa shape index (κ2) is 6.86. The lowest BCUT2D eigenvalue weighted by atomic mass is 9.94. The smallest absolute Gasteiger partial charge is 0.211 e. The predicted molar refractivity (Wildman–Crippen MR) is 86.7 cm³/mol. The van der Waals surface area contributed by atoms with E-state index in [1.807, 2.05) is 6.26 Å². The van der Waals surface area contributed by atoms with E-state index in [9.17, 15) is 13.7 Å². The quantitative estimate of drug-likeness (QED) is 0.779. The van der Waals surface area contributed by atoms with E-state index in [0.717, 1.165) is 45.3 Å². The molecule has 2 heterocycles. The monoisotopic (exact) mass is 331 g/mol. The van der Waals surface area contributed by atoms with Crippen LogP contribution in [0.5, 0.6) is 0 Å². The maximum absolute atomic E-state index is 11.7. The summed E-state index contributed by atoms with van der Waals surface area (Å²) in [7, 11) is -3.06. The van der Waals surface area contributed by atoms with E-state index in [4.69, 9.17) is 0 Å². The van der Waals surface area contributed by atoms with Crippen LogP contribution in [0.15, 0.2) is 0 Å². The molecule has 0 aromatic rings. The molecule has 0 saturated carbocycles. The van der Waals surface area contributed by atoms with Crippen molar-refractivity contribution in [1.82, 2.24) is 9.21 Å². The highest BCUT2D eigenvalue weighted by atomic mass is 32.2. The largest absolute Gasteiger partial charge is 0.303 e. The molecule has 0 amide bonds. The molecule has 0 aromatic heterocycles. The van der Waals surface area contributed by atoms with E-state index < -0.39 is 10.0 Å². The van der Waals surface area contributed by atoms with Gasteiger partial charge in [-0.1, -0.05) is 0 Å². The summed E-state index contributed by atoms with van der Waals surface area (Å²) >= 11 is 1.67. The van der Waals surface area contributed by atoms with Crippen LogP contribution in [-0.4, -0.2) is 67.6 Å². The molecule has 0 N–H and O–H groups in total. The minimum atomic E-state index is -3.06. The van der Waals surface area contributed by atoms with Crippen molar-refractivity contribution < 1.29 is 8.42 Å². The van der Waals surface area contributed by atoms with Crippen LogP contribution >= 0.6 is 11.8 Å². The highest BCUT2D eigenvalue weighted by molar-refractivity contribution is 8.00. The molecule has 0 aliphatic carbocycles. The van der Waals surface area contributed by atoms with Gasteiger partial charge in [0.05, 0.1) is 12.3 Å². The van der Waals surface area contributed by atoms with Crippen LogP contribution in [0, 0.1) is 17.2 Å². The van der Waals surface area contributed by atoms with Crippen molar-refractivity contribution in [2.45, 2.75) is 30.4 Å². The van der Waals surface area contributed by atoms with Crippen LogP contribution in [0.2, 0.25) is 0 Å². The Morgan fingerprint density at radius 1 is 1.33 bits per heavy atom. The average Bonchev–Trinajstić information content (AvgIpc) is 2.48. The number of rotatable bonds is 4. The Morgan fingerprint density at radius 3 is 2.52 bits per heavy atom. The lowest BCUT2D eigenvalue weighted by Crippen LogP contribution is -2.47. The minimum Gasteiger partial charge on any atom is -0.303 e. The zero-order valence-corrected chi connectivity index (χ0v) is 14.5. The Balaban J connectivity index is 1.85. The van der Waals surface area contributed by atoms with Crippen LogP contribution in [0.3, 0.4) is 0 Å². The summed E-state index contributed by atoms with van der Waals surface area (Å²) in [4.78, 5) is 2.41. The standard InChI is InChI=1S/C14H25N3O2S2/c1-20-14(12-15)5-8-16(9-6-14)10-13-4-3-7-17(11-13)21(2,18)19/h13H,3-11H2,1-2H3. The highest BCUT2D eigenvalue weighted by Gasteiger charge is 2.35. The molecule has 2 aliphatic rings. The van der Waals surface area contributed by atoms with Gasteiger partial charge >= 0.3 is 0 Å². The number of nitrogens with zero attached hydrogens (tertiary/aromatic N) is 3. The number of thioether (sulfide) groups is 1. The van der Waals surface area contributed by atoms with Gasteiger partial charge in [-0.2, -0.15) is 5.26 Å². The number of sulfonamides is 1. The predicted octanol–water partition coefficient (Wildman–Crippen LogP) is 1.38. The maximum Gasteiger partial charge on any atom is 0.211 e. The van der Waals surface area contributed by atoms with E-state index in [0.29, 0.717) is 19.0 Å². The first-order valence-electron chi connectivity index (χ1n) is 7.52. The van der Waals surface area contributed by atoms with Crippen molar-refractivity contribution >= 4 is 21.8 Å². The third-order valence-corrected chi connectivity index (χ3v) is 7.28. The molecule has 2 fully saturated rings. The first-order valence-corrected chi connectivity index (χ1v) is 10.6. The molecule has 0 bridgehead atoms. The topological polar surface area (TPSA) is 64.4 Å². The average molecular weight is 332 g/mol. The van der Waals surface area contributed by atoms with Crippen molar-refractivity contribution in [3.8, 4) is 6.07 Å².